The van der Waals surface area contributed by atoms with Gasteiger partial charge < -0.3 is 10.4 Å². The molecule has 0 aliphatic rings. The molecular weight excluding hydrogens is 286 g/mol. The van der Waals surface area contributed by atoms with Gasteiger partial charge in [0.15, 0.2) is 0 Å². The number of carbonyl (C=O) groups excluding carboxylic acids is 1. The molecule has 1 aromatic carbocycles. The summed E-state index contributed by atoms with van der Waals surface area (Å²) in [5.41, 5.74) is -0.569. The highest BCUT2D eigenvalue weighted by atomic mass is 35.5. The lowest BCUT2D eigenvalue weighted by molar-refractivity contribution is -0.385. The number of nitrogens with zero attached hydrogens (tertiary/aromatic N) is 2. The maximum atomic E-state index is 12.0. The minimum absolute atomic E-state index is 0.0435. The fraction of sp³-hybridized carbons (Fsp3) is 0. The molecule has 0 atom stereocenters. The van der Waals surface area contributed by atoms with Crippen molar-refractivity contribution in [3.8, 4) is 5.75 Å². The van der Waals surface area contributed by atoms with Crippen LogP contribution in [0, 0.1) is 10.1 Å². The molecule has 2 aromatic rings. The summed E-state index contributed by atoms with van der Waals surface area (Å²) in [5.74, 6) is -0.911. The molecule has 0 aliphatic carbocycles. The molecule has 0 bridgehead atoms. The second-order valence-corrected chi connectivity index (χ2v) is 4.14. The minimum Gasteiger partial charge on any atom is -0.506 e. The molecule has 2 rings (SSSR count). The Morgan fingerprint density at radius 2 is 2.10 bits per heavy atom. The average Bonchev–Trinajstić information content (AvgIpc) is 2.40. The fourth-order valence-corrected chi connectivity index (χ4v) is 1.68. The first kappa shape index (κ1) is 13.8. The normalized spacial score (nSPS) is 10.1. The van der Waals surface area contributed by atoms with E-state index in [1.807, 2.05) is 0 Å². The molecule has 8 heteroatoms. The van der Waals surface area contributed by atoms with Gasteiger partial charge in [0.25, 0.3) is 11.6 Å². The highest BCUT2D eigenvalue weighted by Crippen LogP contribution is 2.25. The smallest absolute Gasteiger partial charge is 0.300 e. The van der Waals surface area contributed by atoms with Crippen molar-refractivity contribution in [1.29, 1.82) is 0 Å². The molecule has 0 radical (unpaired) electrons. The van der Waals surface area contributed by atoms with Crippen LogP contribution in [0.4, 0.5) is 11.4 Å². The van der Waals surface area contributed by atoms with Crippen LogP contribution >= 0.6 is 11.6 Å². The quantitative estimate of drug-likeness (QED) is 0.391. The first-order valence-electron chi connectivity index (χ1n) is 5.38. The van der Waals surface area contributed by atoms with Crippen molar-refractivity contribution in [3.63, 3.8) is 0 Å². The molecule has 7 nitrogen and oxygen atoms in total. The van der Waals surface area contributed by atoms with E-state index < -0.39 is 16.5 Å². The second-order valence-electron chi connectivity index (χ2n) is 3.75. The molecule has 20 heavy (non-hydrogen) atoms. The Labute approximate surface area is 118 Å². The lowest BCUT2D eigenvalue weighted by Gasteiger charge is -2.07. The van der Waals surface area contributed by atoms with Crippen molar-refractivity contribution in [2.45, 2.75) is 0 Å². The van der Waals surface area contributed by atoms with Crippen LogP contribution < -0.4 is 5.32 Å². The number of amides is 1. The summed E-state index contributed by atoms with van der Waals surface area (Å²) in [4.78, 5) is 25.7. The number of nitrogens with one attached hydrogen (secondary N) is 1. The number of nitro groups is 1. The number of carbonyl (C=O) groups is 1. The van der Waals surface area contributed by atoms with E-state index >= 15 is 0 Å². The summed E-state index contributed by atoms with van der Waals surface area (Å²) in [6.45, 7) is 0. The van der Waals surface area contributed by atoms with Crippen molar-refractivity contribution < 1.29 is 14.8 Å². The van der Waals surface area contributed by atoms with Crippen molar-refractivity contribution in [2.75, 3.05) is 5.32 Å². The van der Waals surface area contributed by atoms with Crippen molar-refractivity contribution in [3.05, 3.63) is 57.4 Å². The van der Waals surface area contributed by atoms with E-state index in [-0.39, 0.29) is 22.2 Å². The van der Waals surface area contributed by atoms with Gasteiger partial charge in [-0.1, -0.05) is 23.7 Å². The van der Waals surface area contributed by atoms with Crippen LogP contribution in [0.2, 0.25) is 5.15 Å². The number of rotatable bonds is 3. The first-order valence-corrected chi connectivity index (χ1v) is 5.76. The lowest BCUT2D eigenvalue weighted by Crippen LogP contribution is -2.14. The topological polar surface area (TPSA) is 105 Å². The summed E-state index contributed by atoms with van der Waals surface area (Å²) >= 11 is 5.64. The van der Waals surface area contributed by atoms with E-state index in [4.69, 9.17) is 11.6 Å². The summed E-state index contributed by atoms with van der Waals surface area (Å²) in [6, 6.07) is 7.11. The van der Waals surface area contributed by atoms with Gasteiger partial charge in [-0.05, 0) is 18.2 Å². The maximum absolute atomic E-state index is 12.0. The number of hydrogen-bond acceptors (Lipinski definition) is 5. The molecule has 0 spiro atoms. The molecule has 102 valence electrons. The number of para-hydroxylation sites is 2. The molecule has 1 heterocycles. The standard InChI is InChI=1S/C12H8ClN3O4/c13-11-5-7(9(6-14-11)16(19)20)12(18)15-8-3-1-2-4-10(8)17/h1-6,17H,(H,15,18). The molecule has 0 unspecified atom stereocenters. The molecule has 0 saturated carbocycles. The van der Waals surface area contributed by atoms with Crippen molar-refractivity contribution in [2.24, 2.45) is 0 Å². The van der Waals surface area contributed by atoms with Crippen LogP contribution in [0.5, 0.6) is 5.75 Å². The zero-order chi connectivity index (χ0) is 14.7. The molecule has 0 saturated heterocycles. The first-order chi connectivity index (χ1) is 9.49. The summed E-state index contributed by atoms with van der Waals surface area (Å²) < 4.78 is 0. The van der Waals surface area contributed by atoms with Gasteiger partial charge in [0.2, 0.25) is 0 Å². The summed E-state index contributed by atoms with van der Waals surface area (Å²) in [7, 11) is 0. The van der Waals surface area contributed by atoms with Crippen molar-refractivity contribution >= 4 is 28.9 Å². The van der Waals surface area contributed by atoms with E-state index in [0.717, 1.165) is 12.3 Å². The predicted molar refractivity (Wildman–Crippen MR) is 72.0 cm³/mol. The molecular formula is C12H8ClN3O4. The summed E-state index contributed by atoms with van der Waals surface area (Å²) in [5, 5.41) is 22.7. The summed E-state index contributed by atoms with van der Waals surface area (Å²) in [6.07, 6.45) is 0.905. The van der Waals surface area contributed by atoms with Crippen LogP contribution in [0.15, 0.2) is 36.5 Å². The number of halogens is 1. The third-order valence-electron chi connectivity index (χ3n) is 2.44. The van der Waals surface area contributed by atoms with Gasteiger partial charge in [-0.3, -0.25) is 14.9 Å². The lowest BCUT2D eigenvalue weighted by atomic mass is 10.2. The number of benzene rings is 1. The molecule has 1 aromatic heterocycles. The fourth-order valence-electron chi connectivity index (χ4n) is 1.52. The Balaban J connectivity index is 2.37. The largest absolute Gasteiger partial charge is 0.506 e. The monoisotopic (exact) mass is 293 g/mol. The number of hydrogen-bond donors (Lipinski definition) is 2. The third kappa shape index (κ3) is 2.83. The Kier molecular flexibility index (Phi) is 3.81. The van der Waals surface area contributed by atoms with E-state index in [1.165, 1.54) is 12.1 Å². The number of phenols is 1. The van der Waals surface area contributed by atoms with Gasteiger partial charge in [-0.25, -0.2) is 4.98 Å². The maximum Gasteiger partial charge on any atom is 0.300 e. The Hall–Kier alpha value is -2.67. The van der Waals surface area contributed by atoms with Gasteiger partial charge in [-0.2, -0.15) is 0 Å². The van der Waals surface area contributed by atoms with Crippen molar-refractivity contribution in [1.82, 2.24) is 4.98 Å². The van der Waals surface area contributed by atoms with E-state index in [2.05, 4.69) is 10.3 Å². The van der Waals surface area contributed by atoms with Crippen LogP contribution in [-0.2, 0) is 0 Å². The second kappa shape index (κ2) is 5.54. The van der Waals surface area contributed by atoms with E-state index in [0.29, 0.717) is 0 Å². The number of anilines is 1. The van der Waals surface area contributed by atoms with Gasteiger partial charge in [0, 0.05) is 0 Å². The van der Waals surface area contributed by atoms with E-state index in [9.17, 15) is 20.0 Å². The minimum atomic E-state index is -0.762. The van der Waals surface area contributed by atoms with E-state index in [1.54, 1.807) is 12.1 Å². The molecule has 1 amide bonds. The SMILES string of the molecule is O=C(Nc1ccccc1O)c1cc(Cl)ncc1[N+](=O)[O-]. The number of phenolic OH excluding ortho intramolecular Hbond substituents is 1. The Morgan fingerprint density at radius 3 is 2.75 bits per heavy atom. The zero-order valence-corrected chi connectivity index (χ0v) is 10.7. The average molecular weight is 294 g/mol. The van der Waals surface area contributed by atoms with Gasteiger partial charge >= 0.3 is 0 Å². The van der Waals surface area contributed by atoms with Gasteiger partial charge in [-0.15, -0.1) is 0 Å². The van der Waals surface area contributed by atoms with Crippen LogP contribution in [0.3, 0.4) is 0 Å². The zero-order valence-electron chi connectivity index (χ0n) is 9.91. The highest BCUT2D eigenvalue weighted by molar-refractivity contribution is 6.30. The third-order valence-corrected chi connectivity index (χ3v) is 2.65. The predicted octanol–water partition coefficient (Wildman–Crippen LogP) is 2.60. The number of aromatic hydroxyl groups is 1. The van der Waals surface area contributed by atoms with Gasteiger partial charge in [0.1, 0.15) is 22.7 Å². The number of aromatic nitrogens is 1. The Bertz CT molecular complexity index is 690. The number of pyridine rings is 1. The molecule has 2 N–H and O–H groups in total. The Morgan fingerprint density at radius 1 is 1.40 bits per heavy atom. The molecule has 0 aliphatic heterocycles. The van der Waals surface area contributed by atoms with Crippen LogP contribution in [-0.4, -0.2) is 20.9 Å². The molecule has 0 fully saturated rings. The van der Waals surface area contributed by atoms with Crippen LogP contribution in [0.25, 0.3) is 0 Å². The van der Waals surface area contributed by atoms with Gasteiger partial charge in [0.05, 0.1) is 10.6 Å². The van der Waals surface area contributed by atoms with Crippen LogP contribution in [0.1, 0.15) is 10.4 Å². The highest BCUT2D eigenvalue weighted by Gasteiger charge is 2.22.